The molecule has 3 unspecified atom stereocenters. The maximum atomic E-state index is 14.4. The quantitative estimate of drug-likeness (QED) is 0.876. The predicted molar refractivity (Wildman–Crippen MR) is 85.1 cm³/mol. The molecule has 0 spiro atoms. The molecule has 1 heterocycles. The van der Waals surface area contributed by atoms with E-state index in [-0.39, 0.29) is 23.9 Å². The Labute approximate surface area is 127 Å². The Morgan fingerprint density at radius 1 is 1.48 bits per heavy atom. The summed E-state index contributed by atoms with van der Waals surface area (Å²) in [5, 5.41) is 13.2. The Balaban J connectivity index is 2.08. The number of rotatable bonds is 5. The molecule has 1 aliphatic rings. The maximum Gasteiger partial charge on any atom is 0.146 e. The molecule has 2 N–H and O–H groups in total. The largest absolute Gasteiger partial charge is 0.393 e. The lowest BCUT2D eigenvalue weighted by Gasteiger charge is -2.36. The van der Waals surface area contributed by atoms with Gasteiger partial charge >= 0.3 is 0 Å². The van der Waals surface area contributed by atoms with E-state index < -0.39 is 0 Å². The molecule has 0 radical (unpaired) electrons. The van der Waals surface area contributed by atoms with Crippen molar-refractivity contribution in [2.24, 2.45) is 5.92 Å². The van der Waals surface area contributed by atoms with E-state index in [0.717, 1.165) is 18.5 Å². The summed E-state index contributed by atoms with van der Waals surface area (Å²) in [5.41, 5.74) is 1.63. The molecule has 1 aliphatic heterocycles. The van der Waals surface area contributed by atoms with Gasteiger partial charge in [-0.25, -0.2) is 4.39 Å². The van der Waals surface area contributed by atoms with E-state index in [1.54, 1.807) is 6.07 Å². The summed E-state index contributed by atoms with van der Waals surface area (Å²) < 4.78 is 14.4. The van der Waals surface area contributed by atoms with E-state index in [2.05, 4.69) is 19.2 Å². The number of hydrogen-bond donors (Lipinski definition) is 2. The van der Waals surface area contributed by atoms with Crippen LogP contribution in [0.2, 0.25) is 0 Å². The summed E-state index contributed by atoms with van der Waals surface area (Å²) in [6.45, 7) is 8.55. The van der Waals surface area contributed by atoms with Crippen LogP contribution in [0.25, 0.3) is 0 Å². The summed E-state index contributed by atoms with van der Waals surface area (Å²) in [7, 11) is 0. The molecule has 0 bridgehead atoms. The van der Waals surface area contributed by atoms with E-state index in [0.29, 0.717) is 25.2 Å². The molecule has 0 aliphatic carbocycles. The number of hydrogen-bond acceptors (Lipinski definition) is 3. The highest BCUT2D eigenvalue weighted by Gasteiger charge is 2.25. The smallest absolute Gasteiger partial charge is 0.146 e. The third kappa shape index (κ3) is 3.95. The number of aliphatic hydroxyl groups excluding tert-OH is 1. The fourth-order valence-electron chi connectivity index (χ4n) is 2.88. The van der Waals surface area contributed by atoms with E-state index in [1.165, 1.54) is 0 Å². The van der Waals surface area contributed by atoms with Gasteiger partial charge in [0.1, 0.15) is 5.82 Å². The van der Waals surface area contributed by atoms with Crippen LogP contribution < -0.4 is 10.2 Å². The van der Waals surface area contributed by atoms with Crippen LogP contribution in [0.15, 0.2) is 18.2 Å². The standard InChI is InChI=1S/C17H27FN2O/c1-4-8-19-13(3)14-5-6-16(15(18)10-14)20-9-7-17(21)12(2)11-20/h5-6,10,12-13,17,19,21H,4,7-9,11H2,1-3H3. The summed E-state index contributed by atoms with van der Waals surface area (Å²) >= 11 is 0. The Bertz CT molecular complexity index is 466. The number of nitrogens with zero attached hydrogens (tertiary/aromatic N) is 1. The van der Waals surface area contributed by atoms with Gasteiger partial charge in [-0.05, 0) is 49.9 Å². The molecular formula is C17H27FN2O. The molecule has 3 atom stereocenters. The van der Waals surface area contributed by atoms with Crippen molar-refractivity contribution in [1.29, 1.82) is 0 Å². The first-order chi connectivity index (χ1) is 10.0. The van der Waals surface area contributed by atoms with Crippen LogP contribution in [0, 0.1) is 11.7 Å². The van der Waals surface area contributed by atoms with Crippen LogP contribution in [0.4, 0.5) is 10.1 Å². The normalized spacial score (nSPS) is 24.1. The average Bonchev–Trinajstić information content (AvgIpc) is 2.47. The summed E-state index contributed by atoms with van der Waals surface area (Å²) in [4.78, 5) is 2.04. The second-order valence-corrected chi connectivity index (χ2v) is 6.17. The lowest BCUT2D eigenvalue weighted by atomic mass is 9.96. The van der Waals surface area contributed by atoms with E-state index in [4.69, 9.17) is 0 Å². The number of halogens is 1. The van der Waals surface area contributed by atoms with Gasteiger partial charge in [0.15, 0.2) is 0 Å². The van der Waals surface area contributed by atoms with Gasteiger partial charge in [0.2, 0.25) is 0 Å². The van der Waals surface area contributed by atoms with Crippen molar-refractivity contribution in [3.8, 4) is 0 Å². The summed E-state index contributed by atoms with van der Waals surface area (Å²) in [5.74, 6) is 0.0178. The Hall–Kier alpha value is -1.13. The van der Waals surface area contributed by atoms with Crippen LogP contribution in [0.5, 0.6) is 0 Å². The summed E-state index contributed by atoms with van der Waals surface area (Å²) in [6, 6.07) is 5.68. The Morgan fingerprint density at radius 3 is 2.86 bits per heavy atom. The SMILES string of the molecule is CCCNC(C)c1ccc(N2CCC(O)C(C)C2)c(F)c1. The van der Waals surface area contributed by atoms with Crippen molar-refractivity contribution in [2.45, 2.75) is 45.8 Å². The van der Waals surface area contributed by atoms with Crippen LogP contribution in [0.3, 0.4) is 0 Å². The first-order valence-corrected chi connectivity index (χ1v) is 7.98. The van der Waals surface area contributed by atoms with Crippen molar-refractivity contribution in [2.75, 3.05) is 24.5 Å². The van der Waals surface area contributed by atoms with Gasteiger partial charge in [0, 0.05) is 19.1 Å². The minimum absolute atomic E-state index is 0.163. The van der Waals surface area contributed by atoms with Gasteiger partial charge in [0.25, 0.3) is 0 Å². The lowest BCUT2D eigenvalue weighted by molar-refractivity contribution is 0.0969. The summed E-state index contributed by atoms with van der Waals surface area (Å²) in [6.07, 6.45) is 1.51. The highest BCUT2D eigenvalue weighted by Crippen LogP contribution is 2.27. The highest BCUT2D eigenvalue weighted by molar-refractivity contribution is 5.50. The molecule has 21 heavy (non-hydrogen) atoms. The zero-order chi connectivity index (χ0) is 15.4. The first kappa shape index (κ1) is 16.2. The number of benzene rings is 1. The molecule has 0 saturated carbocycles. The zero-order valence-electron chi connectivity index (χ0n) is 13.3. The number of nitrogens with one attached hydrogen (secondary N) is 1. The molecule has 1 aromatic carbocycles. The number of anilines is 1. The molecule has 1 fully saturated rings. The zero-order valence-corrected chi connectivity index (χ0v) is 13.3. The fourth-order valence-corrected chi connectivity index (χ4v) is 2.88. The Morgan fingerprint density at radius 2 is 2.24 bits per heavy atom. The van der Waals surface area contributed by atoms with Gasteiger partial charge in [-0.3, -0.25) is 0 Å². The first-order valence-electron chi connectivity index (χ1n) is 7.98. The van der Waals surface area contributed by atoms with Crippen molar-refractivity contribution >= 4 is 5.69 Å². The molecule has 0 amide bonds. The van der Waals surface area contributed by atoms with Crippen molar-refractivity contribution in [3.05, 3.63) is 29.6 Å². The van der Waals surface area contributed by atoms with Gasteiger partial charge in [0.05, 0.1) is 11.8 Å². The van der Waals surface area contributed by atoms with E-state index >= 15 is 0 Å². The maximum absolute atomic E-state index is 14.4. The average molecular weight is 294 g/mol. The predicted octanol–water partition coefficient (Wildman–Crippen LogP) is 3.09. The third-order valence-corrected chi connectivity index (χ3v) is 4.37. The molecular weight excluding hydrogens is 267 g/mol. The molecule has 1 saturated heterocycles. The molecule has 0 aromatic heterocycles. The second kappa shape index (κ2) is 7.23. The van der Waals surface area contributed by atoms with Crippen molar-refractivity contribution in [1.82, 2.24) is 5.32 Å². The van der Waals surface area contributed by atoms with Gasteiger partial charge in [-0.2, -0.15) is 0 Å². The van der Waals surface area contributed by atoms with E-state index in [9.17, 15) is 9.50 Å². The van der Waals surface area contributed by atoms with Gasteiger partial charge < -0.3 is 15.3 Å². The minimum atomic E-state index is -0.262. The Kier molecular flexibility index (Phi) is 5.59. The number of aliphatic hydroxyl groups is 1. The van der Waals surface area contributed by atoms with Gasteiger partial charge in [-0.15, -0.1) is 0 Å². The van der Waals surface area contributed by atoms with E-state index in [1.807, 2.05) is 24.0 Å². The lowest BCUT2D eigenvalue weighted by Crippen LogP contribution is -2.42. The minimum Gasteiger partial charge on any atom is -0.393 e. The monoisotopic (exact) mass is 294 g/mol. The molecule has 118 valence electrons. The van der Waals surface area contributed by atoms with Crippen LogP contribution >= 0.6 is 0 Å². The van der Waals surface area contributed by atoms with Crippen molar-refractivity contribution < 1.29 is 9.50 Å². The topological polar surface area (TPSA) is 35.5 Å². The van der Waals surface area contributed by atoms with Crippen LogP contribution in [0.1, 0.15) is 45.2 Å². The molecule has 1 aromatic rings. The molecule has 4 heteroatoms. The molecule has 2 rings (SSSR count). The third-order valence-electron chi connectivity index (χ3n) is 4.37. The van der Waals surface area contributed by atoms with Crippen molar-refractivity contribution in [3.63, 3.8) is 0 Å². The second-order valence-electron chi connectivity index (χ2n) is 6.17. The van der Waals surface area contributed by atoms with Gasteiger partial charge in [-0.1, -0.05) is 19.9 Å². The van der Waals surface area contributed by atoms with Crippen LogP contribution in [-0.4, -0.2) is 30.8 Å². The fraction of sp³-hybridized carbons (Fsp3) is 0.647. The molecule has 3 nitrogen and oxygen atoms in total. The number of piperidine rings is 1. The van der Waals surface area contributed by atoms with Crippen LogP contribution in [-0.2, 0) is 0 Å². The highest BCUT2D eigenvalue weighted by atomic mass is 19.1.